The first kappa shape index (κ1) is 14.7. The molecule has 0 saturated heterocycles. The second-order valence-corrected chi connectivity index (χ2v) is 5.63. The summed E-state index contributed by atoms with van der Waals surface area (Å²) in [5.74, 6) is -0.234. The molecule has 0 fully saturated rings. The predicted molar refractivity (Wildman–Crippen MR) is 80.6 cm³/mol. The molecule has 1 aromatic carbocycles. The first-order chi connectivity index (χ1) is 9.61. The third-order valence-electron chi connectivity index (χ3n) is 2.67. The van der Waals surface area contributed by atoms with E-state index < -0.39 is 0 Å². The van der Waals surface area contributed by atoms with Gasteiger partial charge in [-0.1, -0.05) is 23.5 Å². The number of carbonyl (C=O) groups excluding carboxylic acids is 1. The Labute approximate surface area is 122 Å². The van der Waals surface area contributed by atoms with Gasteiger partial charge < -0.3 is 9.30 Å². The summed E-state index contributed by atoms with van der Waals surface area (Å²) < 4.78 is 8.08. The standard InChI is InChI=1S/C14H19N3O2S/c1-4-19-13(18)9-17-11-7-5-6-8-12(11)20-14(17)15-10-16(2)3/h5-8H,4,9-10H2,1-3H3. The van der Waals surface area contributed by atoms with Crippen molar-refractivity contribution in [1.82, 2.24) is 9.47 Å². The molecule has 108 valence electrons. The number of benzene rings is 1. The molecule has 0 atom stereocenters. The average molecular weight is 293 g/mol. The number of nitrogens with zero attached hydrogens (tertiary/aromatic N) is 3. The van der Waals surface area contributed by atoms with Gasteiger partial charge in [0, 0.05) is 0 Å². The number of hydrogen-bond acceptors (Lipinski definition) is 5. The first-order valence-electron chi connectivity index (χ1n) is 6.51. The van der Waals surface area contributed by atoms with E-state index in [0.717, 1.165) is 15.0 Å². The minimum Gasteiger partial charge on any atom is -0.465 e. The Morgan fingerprint density at radius 1 is 1.40 bits per heavy atom. The third kappa shape index (κ3) is 3.46. The molecule has 0 bridgehead atoms. The number of aromatic nitrogens is 1. The summed E-state index contributed by atoms with van der Waals surface area (Å²) in [7, 11) is 3.93. The number of ether oxygens (including phenoxy) is 1. The van der Waals surface area contributed by atoms with Crippen molar-refractivity contribution in [3.05, 3.63) is 29.1 Å². The van der Waals surface area contributed by atoms with E-state index in [9.17, 15) is 4.79 Å². The van der Waals surface area contributed by atoms with Crippen molar-refractivity contribution in [2.75, 3.05) is 27.4 Å². The molecule has 0 N–H and O–H groups in total. The maximum atomic E-state index is 11.8. The van der Waals surface area contributed by atoms with Crippen LogP contribution in [0.3, 0.4) is 0 Å². The highest BCUT2D eigenvalue weighted by atomic mass is 32.1. The minimum absolute atomic E-state index is 0.199. The Morgan fingerprint density at radius 3 is 2.85 bits per heavy atom. The maximum Gasteiger partial charge on any atom is 0.326 e. The zero-order valence-electron chi connectivity index (χ0n) is 12.0. The summed E-state index contributed by atoms with van der Waals surface area (Å²) >= 11 is 1.59. The van der Waals surface area contributed by atoms with Crippen molar-refractivity contribution < 1.29 is 9.53 Å². The van der Waals surface area contributed by atoms with Crippen LogP contribution in [-0.2, 0) is 16.1 Å². The number of para-hydroxylation sites is 1. The fourth-order valence-electron chi connectivity index (χ4n) is 1.83. The van der Waals surface area contributed by atoms with Gasteiger partial charge in [-0.05, 0) is 33.2 Å². The van der Waals surface area contributed by atoms with Gasteiger partial charge in [0.25, 0.3) is 0 Å². The van der Waals surface area contributed by atoms with E-state index in [1.165, 1.54) is 0 Å². The zero-order chi connectivity index (χ0) is 14.5. The number of carbonyl (C=O) groups is 1. The molecule has 20 heavy (non-hydrogen) atoms. The van der Waals surface area contributed by atoms with Gasteiger partial charge in [-0.2, -0.15) is 0 Å². The monoisotopic (exact) mass is 293 g/mol. The van der Waals surface area contributed by atoms with Crippen LogP contribution in [0.1, 0.15) is 6.92 Å². The third-order valence-corrected chi connectivity index (χ3v) is 3.77. The number of thiazole rings is 1. The van der Waals surface area contributed by atoms with Gasteiger partial charge in [-0.25, -0.2) is 4.99 Å². The molecule has 5 nitrogen and oxygen atoms in total. The second kappa shape index (κ2) is 6.67. The highest BCUT2D eigenvalue weighted by molar-refractivity contribution is 7.16. The van der Waals surface area contributed by atoms with E-state index in [-0.39, 0.29) is 12.5 Å². The molecule has 0 saturated carbocycles. The van der Waals surface area contributed by atoms with Crippen LogP contribution in [0.25, 0.3) is 10.2 Å². The van der Waals surface area contributed by atoms with E-state index in [1.54, 1.807) is 11.3 Å². The van der Waals surface area contributed by atoms with Gasteiger partial charge in [0.05, 0.1) is 23.5 Å². The normalized spacial score (nSPS) is 12.3. The fourth-order valence-corrected chi connectivity index (χ4v) is 2.85. The lowest BCUT2D eigenvalue weighted by molar-refractivity contribution is -0.143. The van der Waals surface area contributed by atoms with Crippen LogP contribution in [-0.4, -0.2) is 42.8 Å². The van der Waals surface area contributed by atoms with Crippen molar-refractivity contribution in [1.29, 1.82) is 0 Å². The Bertz CT molecular complexity index is 658. The summed E-state index contributed by atoms with van der Waals surface area (Å²) in [6, 6.07) is 7.99. The minimum atomic E-state index is -0.234. The molecule has 1 heterocycles. The molecule has 1 aromatic heterocycles. The van der Waals surface area contributed by atoms with Crippen LogP contribution in [0.4, 0.5) is 0 Å². The van der Waals surface area contributed by atoms with Crippen molar-refractivity contribution in [3.63, 3.8) is 0 Å². The van der Waals surface area contributed by atoms with Crippen molar-refractivity contribution in [2.24, 2.45) is 4.99 Å². The van der Waals surface area contributed by atoms with Gasteiger partial charge in [-0.3, -0.25) is 9.69 Å². The highest BCUT2D eigenvalue weighted by Gasteiger charge is 2.10. The van der Waals surface area contributed by atoms with Crippen LogP contribution in [0.2, 0.25) is 0 Å². The lowest BCUT2D eigenvalue weighted by Gasteiger charge is -2.06. The van der Waals surface area contributed by atoms with E-state index in [1.807, 2.05) is 54.8 Å². The lowest BCUT2D eigenvalue weighted by Crippen LogP contribution is -2.24. The molecule has 0 unspecified atom stereocenters. The van der Waals surface area contributed by atoms with Crippen LogP contribution < -0.4 is 4.80 Å². The van der Waals surface area contributed by atoms with E-state index in [4.69, 9.17) is 4.74 Å². The first-order valence-corrected chi connectivity index (χ1v) is 7.32. The molecule has 2 rings (SSSR count). The quantitative estimate of drug-likeness (QED) is 0.788. The molecule has 0 radical (unpaired) electrons. The fraction of sp³-hybridized carbons (Fsp3) is 0.429. The van der Waals surface area contributed by atoms with Crippen molar-refractivity contribution in [3.8, 4) is 0 Å². The molecule has 2 aromatic rings. The highest BCUT2D eigenvalue weighted by Crippen LogP contribution is 2.16. The topological polar surface area (TPSA) is 46.8 Å². The molecule has 0 aliphatic heterocycles. The van der Waals surface area contributed by atoms with Crippen LogP contribution >= 0.6 is 11.3 Å². The van der Waals surface area contributed by atoms with E-state index >= 15 is 0 Å². The number of fused-ring (bicyclic) bond motifs is 1. The average Bonchev–Trinajstić information content (AvgIpc) is 2.75. The predicted octanol–water partition coefficient (Wildman–Crippen LogP) is 1.69. The molecule has 0 aliphatic carbocycles. The molecule has 0 aliphatic rings. The number of esters is 1. The van der Waals surface area contributed by atoms with Gasteiger partial charge in [-0.15, -0.1) is 0 Å². The van der Waals surface area contributed by atoms with Crippen molar-refractivity contribution >= 4 is 27.5 Å². The lowest BCUT2D eigenvalue weighted by atomic mass is 10.3. The summed E-state index contributed by atoms with van der Waals surface area (Å²) in [4.78, 5) is 19.1. The SMILES string of the molecule is CCOC(=O)Cn1c(=NCN(C)C)sc2ccccc21. The van der Waals surface area contributed by atoms with E-state index in [2.05, 4.69) is 4.99 Å². The van der Waals surface area contributed by atoms with Gasteiger partial charge >= 0.3 is 5.97 Å². The van der Waals surface area contributed by atoms with Gasteiger partial charge in [0.1, 0.15) is 6.54 Å². The Hall–Kier alpha value is -1.66. The summed E-state index contributed by atoms with van der Waals surface area (Å²) in [5.41, 5.74) is 1.02. The van der Waals surface area contributed by atoms with E-state index in [0.29, 0.717) is 13.3 Å². The Morgan fingerprint density at radius 2 is 2.15 bits per heavy atom. The molecule has 0 amide bonds. The van der Waals surface area contributed by atoms with Gasteiger partial charge in [0.15, 0.2) is 4.80 Å². The second-order valence-electron chi connectivity index (χ2n) is 4.62. The van der Waals surface area contributed by atoms with Crippen LogP contribution in [0.15, 0.2) is 29.3 Å². The van der Waals surface area contributed by atoms with Crippen molar-refractivity contribution in [2.45, 2.75) is 13.5 Å². The van der Waals surface area contributed by atoms with Gasteiger partial charge in [0.2, 0.25) is 0 Å². The van der Waals surface area contributed by atoms with Crippen LogP contribution in [0, 0.1) is 0 Å². The Kier molecular flexibility index (Phi) is 4.92. The number of hydrogen-bond donors (Lipinski definition) is 0. The summed E-state index contributed by atoms with van der Waals surface area (Å²) in [6.45, 7) is 3.00. The summed E-state index contributed by atoms with van der Waals surface area (Å²) in [6.07, 6.45) is 0. The Balaban J connectivity index is 2.44. The zero-order valence-corrected chi connectivity index (χ0v) is 12.8. The molecular weight excluding hydrogens is 274 g/mol. The summed E-state index contributed by atoms with van der Waals surface area (Å²) in [5, 5.41) is 0. The molecular formula is C14H19N3O2S. The number of rotatable bonds is 5. The molecule has 6 heteroatoms. The van der Waals surface area contributed by atoms with Crippen LogP contribution in [0.5, 0.6) is 0 Å². The molecule has 0 spiro atoms. The largest absolute Gasteiger partial charge is 0.465 e. The maximum absolute atomic E-state index is 11.8. The smallest absolute Gasteiger partial charge is 0.326 e.